The second-order valence-electron chi connectivity index (χ2n) is 8.72. The number of H-pyrrole nitrogens is 1. The van der Waals surface area contributed by atoms with Gasteiger partial charge in [0.05, 0.1) is 0 Å². The van der Waals surface area contributed by atoms with Gasteiger partial charge in [-0.2, -0.15) is 0 Å². The van der Waals surface area contributed by atoms with Gasteiger partial charge in [-0.3, -0.25) is 14.2 Å². The Morgan fingerprint density at radius 2 is 1.71 bits per heavy atom. The molecule has 5 rings (SSSR count). The van der Waals surface area contributed by atoms with Crippen molar-refractivity contribution in [2.24, 2.45) is 0 Å². The molecule has 1 aliphatic heterocycles. The van der Waals surface area contributed by atoms with Crippen LogP contribution >= 0.6 is 0 Å². The average Bonchev–Trinajstić information content (AvgIpc) is 3.30. The number of aromatic amines is 1. The minimum absolute atomic E-state index is 0. The van der Waals surface area contributed by atoms with Gasteiger partial charge in [0.25, 0.3) is 5.56 Å². The molecule has 0 bridgehead atoms. The van der Waals surface area contributed by atoms with Crippen molar-refractivity contribution in [1.82, 2.24) is 24.4 Å². The van der Waals surface area contributed by atoms with Gasteiger partial charge in [0.1, 0.15) is 6.54 Å². The molecule has 2 aromatic heterocycles. The van der Waals surface area contributed by atoms with Crippen molar-refractivity contribution in [2.75, 3.05) is 31.1 Å². The summed E-state index contributed by atoms with van der Waals surface area (Å²) < 4.78 is 0.919. The maximum absolute atomic E-state index is 12.4. The Bertz CT molecular complexity index is 1240. The van der Waals surface area contributed by atoms with Crippen molar-refractivity contribution in [2.45, 2.75) is 39.7 Å². The first-order chi connectivity index (χ1) is 16.4. The van der Waals surface area contributed by atoms with Gasteiger partial charge >= 0.3 is 5.69 Å². The number of hydrogen-bond donors (Lipinski definition) is 1. The van der Waals surface area contributed by atoms with Crippen LogP contribution in [0.3, 0.4) is 0 Å². The highest BCUT2D eigenvalue weighted by Crippen LogP contribution is 2.22. The second-order valence-corrected chi connectivity index (χ2v) is 8.72. The number of fused-ring (bicyclic) bond motifs is 1. The highest BCUT2D eigenvalue weighted by atomic mass is 16.2. The van der Waals surface area contributed by atoms with Crippen LogP contribution in [0, 0.1) is 13.8 Å². The maximum atomic E-state index is 12.4. The van der Waals surface area contributed by atoms with Crippen molar-refractivity contribution < 1.29 is 7.65 Å². The van der Waals surface area contributed by atoms with Gasteiger partial charge in [-0.15, -0.1) is 0 Å². The first kappa shape index (κ1) is 23.4. The zero-order chi connectivity index (χ0) is 24.1. The number of aromatic nitrogens is 4. The van der Waals surface area contributed by atoms with Crippen LogP contribution in [0.15, 0.2) is 52.3 Å². The lowest BCUT2D eigenvalue weighted by Crippen LogP contribution is -2.51. The Labute approximate surface area is 201 Å². The van der Waals surface area contributed by atoms with E-state index in [1.807, 2.05) is 4.90 Å². The minimum Gasteiger partial charge on any atom is -0.338 e. The summed E-state index contributed by atoms with van der Waals surface area (Å²) in [6.45, 7) is 5.74. The van der Waals surface area contributed by atoms with Crippen LogP contribution < -0.4 is 16.1 Å². The van der Waals surface area contributed by atoms with Crippen molar-refractivity contribution in [1.29, 1.82) is 0 Å². The van der Waals surface area contributed by atoms with E-state index in [-0.39, 0.29) is 15.3 Å². The van der Waals surface area contributed by atoms with E-state index in [9.17, 15) is 14.4 Å². The first-order valence-electron chi connectivity index (χ1n) is 11.6. The predicted molar refractivity (Wildman–Crippen MR) is 134 cm³/mol. The summed E-state index contributed by atoms with van der Waals surface area (Å²) in [5.41, 5.74) is 4.00. The molecule has 0 radical (unpaired) electrons. The quantitative estimate of drug-likeness (QED) is 0.633. The molecule has 34 heavy (non-hydrogen) atoms. The predicted octanol–water partition coefficient (Wildman–Crippen LogP) is 1.96. The molecule has 3 heterocycles. The van der Waals surface area contributed by atoms with E-state index in [2.05, 4.69) is 40.1 Å². The Morgan fingerprint density at radius 1 is 1.00 bits per heavy atom. The monoisotopic (exact) mass is 466 g/mol. The number of amides is 1. The molecule has 1 saturated heterocycles. The molecule has 1 amide bonds. The summed E-state index contributed by atoms with van der Waals surface area (Å²) in [5.74, 6) is 0.385. The summed E-state index contributed by atoms with van der Waals surface area (Å²) in [6.07, 6.45) is 7.32. The third-order valence-electron chi connectivity index (χ3n) is 6.17. The van der Waals surface area contributed by atoms with Crippen LogP contribution in [0.4, 0.5) is 5.95 Å². The third kappa shape index (κ3) is 5.59. The van der Waals surface area contributed by atoms with E-state index in [1.165, 1.54) is 30.9 Å². The molecular formula is C25H34N6O3. The van der Waals surface area contributed by atoms with E-state index >= 15 is 0 Å². The number of aryl methyl sites for hydroxylation is 4. The number of rotatable bonds is 3. The van der Waals surface area contributed by atoms with Crippen LogP contribution in [0.1, 0.15) is 31.7 Å². The Morgan fingerprint density at radius 3 is 2.41 bits per heavy atom. The summed E-state index contributed by atoms with van der Waals surface area (Å²) in [4.78, 5) is 50.6. The molecule has 0 unspecified atom stereocenters. The van der Waals surface area contributed by atoms with E-state index in [0.29, 0.717) is 37.8 Å². The van der Waals surface area contributed by atoms with Gasteiger partial charge in [-0.05, 0) is 50.3 Å². The molecule has 1 aliphatic carbocycles. The summed E-state index contributed by atoms with van der Waals surface area (Å²) in [6, 6.07) is 9.86. The summed E-state index contributed by atoms with van der Waals surface area (Å²) >= 11 is 0. The Hall–Kier alpha value is -3.75. The number of piperazine rings is 1. The molecule has 2 aliphatic rings. The van der Waals surface area contributed by atoms with Crippen LogP contribution in [0.2, 0.25) is 0 Å². The number of carbonyl (C=O) groups is 1. The minimum atomic E-state index is -0.565. The standard InChI is InChI=1S/C15H18N6O3.C10H12.2H2/c1-11-9-12(22)21(15(24)18-11)10-13(23)19-5-7-20(8-6-19)14-16-3-2-4-17-14;1-8-5-6-9-3-2-4-10(9)7-8;;/h2-4,9H,5-8,10H2,1H3,(H,18,24);5-7H,2-4H2,1H3;2*1H. The number of nitrogens with one attached hydrogen (secondary N) is 1. The zero-order valence-corrected chi connectivity index (χ0v) is 19.7. The van der Waals surface area contributed by atoms with Crippen LogP contribution in [0.5, 0.6) is 0 Å². The Balaban J connectivity index is 0.000000319. The lowest BCUT2D eigenvalue weighted by atomic mass is 10.1. The number of benzene rings is 1. The lowest BCUT2D eigenvalue weighted by molar-refractivity contribution is -0.132. The molecule has 9 nitrogen and oxygen atoms in total. The number of anilines is 1. The summed E-state index contributed by atoms with van der Waals surface area (Å²) in [7, 11) is 0. The van der Waals surface area contributed by atoms with E-state index in [1.54, 1.807) is 41.4 Å². The van der Waals surface area contributed by atoms with Gasteiger partial charge in [-0.25, -0.2) is 14.8 Å². The van der Waals surface area contributed by atoms with Crippen LogP contribution in [-0.2, 0) is 24.2 Å². The van der Waals surface area contributed by atoms with E-state index < -0.39 is 11.2 Å². The highest BCUT2D eigenvalue weighted by molar-refractivity contribution is 5.76. The SMILES string of the molecule is Cc1cc(=O)n(CC(=O)N2CCN(c3ncccn3)CC2)c(=O)[nH]1.Cc1ccc2c(c1)CCC2.[HH].[HH]. The third-order valence-corrected chi connectivity index (χ3v) is 6.17. The zero-order valence-electron chi connectivity index (χ0n) is 19.7. The first-order valence-corrected chi connectivity index (χ1v) is 11.6. The van der Waals surface area contributed by atoms with Crippen molar-refractivity contribution in [3.63, 3.8) is 0 Å². The molecule has 1 fully saturated rings. The number of nitrogens with zero attached hydrogens (tertiary/aromatic N) is 5. The van der Waals surface area contributed by atoms with Crippen LogP contribution in [0.25, 0.3) is 0 Å². The van der Waals surface area contributed by atoms with Crippen molar-refractivity contribution in [3.8, 4) is 0 Å². The number of hydrogen-bond acceptors (Lipinski definition) is 6. The average molecular weight is 467 g/mol. The fraction of sp³-hybridized carbons (Fsp3) is 0.400. The molecule has 1 aromatic carbocycles. The molecule has 1 N–H and O–H groups in total. The van der Waals surface area contributed by atoms with Gasteiger partial charge in [0.2, 0.25) is 11.9 Å². The molecule has 182 valence electrons. The topological polar surface area (TPSA) is 104 Å². The van der Waals surface area contributed by atoms with Gasteiger partial charge in [0, 0.05) is 53.2 Å². The normalized spacial score (nSPS) is 14.9. The van der Waals surface area contributed by atoms with Gasteiger partial charge in [-0.1, -0.05) is 23.8 Å². The van der Waals surface area contributed by atoms with Crippen LogP contribution in [-0.4, -0.2) is 56.5 Å². The number of carbonyl (C=O) groups excluding carboxylic acids is 1. The van der Waals surface area contributed by atoms with Gasteiger partial charge < -0.3 is 14.8 Å². The molecular weight excluding hydrogens is 432 g/mol. The fourth-order valence-electron chi connectivity index (χ4n) is 4.33. The second kappa shape index (κ2) is 10.5. The molecule has 0 saturated carbocycles. The molecule has 0 spiro atoms. The largest absolute Gasteiger partial charge is 0.338 e. The molecule has 3 aromatic rings. The van der Waals surface area contributed by atoms with E-state index in [0.717, 1.165) is 4.57 Å². The van der Waals surface area contributed by atoms with Crippen molar-refractivity contribution >= 4 is 11.9 Å². The lowest BCUT2D eigenvalue weighted by Gasteiger charge is -2.34. The van der Waals surface area contributed by atoms with E-state index in [4.69, 9.17) is 0 Å². The molecule has 9 heteroatoms. The van der Waals surface area contributed by atoms with Crippen molar-refractivity contribution in [3.05, 3.63) is 85.9 Å². The van der Waals surface area contributed by atoms with Gasteiger partial charge in [0.15, 0.2) is 0 Å². The smallest absolute Gasteiger partial charge is 0.329 e. The fourth-order valence-corrected chi connectivity index (χ4v) is 4.33. The summed E-state index contributed by atoms with van der Waals surface area (Å²) in [5, 5.41) is 0. The molecule has 0 atom stereocenters. The Kier molecular flexibility index (Phi) is 7.20. The highest BCUT2D eigenvalue weighted by Gasteiger charge is 2.23. The maximum Gasteiger partial charge on any atom is 0.329 e.